The van der Waals surface area contributed by atoms with Crippen LogP contribution in [0.3, 0.4) is 0 Å². The standard InChI is InChI=1S/C15H27N5O.HI/c1-5-17-14(18-8-11-20-9-6-7-10-20)19-12-15(2,3)13(21)16-4;/h6-7,9-10H,5,8,11-12H2,1-4H3,(H,16,21)(H2,17,18,19);1H. The summed E-state index contributed by atoms with van der Waals surface area (Å²) in [6.45, 7) is 8.67. The van der Waals surface area contributed by atoms with Crippen LogP contribution >= 0.6 is 24.0 Å². The van der Waals surface area contributed by atoms with Crippen molar-refractivity contribution in [2.45, 2.75) is 27.3 Å². The molecule has 0 bridgehead atoms. The van der Waals surface area contributed by atoms with Crippen LogP contribution < -0.4 is 16.0 Å². The van der Waals surface area contributed by atoms with E-state index in [1.807, 2.05) is 45.3 Å². The van der Waals surface area contributed by atoms with Gasteiger partial charge in [0.05, 0.1) is 12.0 Å². The van der Waals surface area contributed by atoms with Crippen molar-refractivity contribution in [1.29, 1.82) is 0 Å². The summed E-state index contributed by atoms with van der Waals surface area (Å²) in [7, 11) is 1.65. The molecule has 1 aromatic heterocycles. The van der Waals surface area contributed by atoms with Crippen LogP contribution in [-0.4, -0.2) is 43.1 Å². The SMILES string of the molecule is CCNC(=NCC(C)(C)C(=O)NC)NCCn1cccc1.I. The van der Waals surface area contributed by atoms with E-state index >= 15 is 0 Å². The van der Waals surface area contributed by atoms with Crippen LogP contribution in [0.15, 0.2) is 29.5 Å². The van der Waals surface area contributed by atoms with E-state index in [1.54, 1.807) is 7.05 Å². The Morgan fingerprint density at radius 3 is 2.41 bits per heavy atom. The minimum atomic E-state index is -0.516. The van der Waals surface area contributed by atoms with Gasteiger partial charge in [0.2, 0.25) is 5.91 Å². The molecule has 0 saturated heterocycles. The molecule has 0 unspecified atom stereocenters. The van der Waals surface area contributed by atoms with E-state index in [9.17, 15) is 4.79 Å². The number of nitrogens with one attached hydrogen (secondary N) is 3. The zero-order chi connectivity index (χ0) is 15.7. The smallest absolute Gasteiger partial charge is 0.227 e. The Kier molecular flexibility index (Phi) is 9.88. The number of halogens is 1. The lowest BCUT2D eigenvalue weighted by Gasteiger charge is -2.21. The fraction of sp³-hybridized carbons (Fsp3) is 0.600. The monoisotopic (exact) mass is 421 g/mol. The Labute approximate surface area is 150 Å². The lowest BCUT2D eigenvalue weighted by atomic mass is 9.93. The van der Waals surface area contributed by atoms with Crippen LogP contribution in [-0.2, 0) is 11.3 Å². The number of guanidine groups is 1. The minimum Gasteiger partial charge on any atom is -0.359 e. The van der Waals surface area contributed by atoms with E-state index in [2.05, 4.69) is 25.5 Å². The molecule has 0 aromatic carbocycles. The molecular weight excluding hydrogens is 393 g/mol. The van der Waals surface area contributed by atoms with Gasteiger partial charge in [0.1, 0.15) is 0 Å². The molecule has 0 saturated carbocycles. The van der Waals surface area contributed by atoms with Gasteiger partial charge >= 0.3 is 0 Å². The summed E-state index contributed by atoms with van der Waals surface area (Å²) in [6, 6.07) is 4.01. The highest BCUT2D eigenvalue weighted by Gasteiger charge is 2.26. The lowest BCUT2D eigenvalue weighted by molar-refractivity contribution is -0.128. The second-order valence-electron chi connectivity index (χ2n) is 5.51. The maximum absolute atomic E-state index is 11.7. The van der Waals surface area contributed by atoms with E-state index in [0.717, 1.165) is 25.6 Å². The zero-order valence-corrected chi connectivity index (χ0v) is 16.2. The number of rotatable bonds is 7. The molecular formula is C15H28IN5O. The molecule has 0 fully saturated rings. The third-order valence-electron chi connectivity index (χ3n) is 3.15. The maximum atomic E-state index is 11.7. The van der Waals surface area contributed by atoms with Gasteiger partial charge in [-0.15, -0.1) is 24.0 Å². The predicted molar refractivity (Wildman–Crippen MR) is 102 cm³/mol. The van der Waals surface area contributed by atoms with Gasteiger partial charge < -0.3 is 20.5 Å². The van der Waals surface area contributed by atoms with Gasteiger partial charge in [0, 0.05) is 39.1 Å². The van der Waals surface area contributed by atoms with Crippen molar-refractivity contribution in [3.63, 3.8) is 0 Å². The molecule has 0 radical (unpaired) electrons. The molecule has 1 heterocycles. The van der Waals surface area contributed by atoms with Crippen LogP contribution in [0.1, 0.15) is 20.8 Å². The molecule has 3 N–H and O–H groups in total. The van der Waals surface area contributed by atoms with Crippen LogP contribution in [0.2, 0.25) is 0 Å². The van der Waals surface area contributed by atoms with Gasteiger partial charge in [-0.25, -0.2) is 0 Å². The topological polar surface area (TPSA) is 70.4 Å². The zero-order valence-electron chi connectivity index (χ0n) is 13.8. The Morgan fingerprint density at radius 1 is 1.23 bits per heavy atom. The quantitative estimate of drug-likeness (QED) is 0.355. The Balaban J connectivity index is 0.00000441. The van der Waals surface area contributed by atoms with E-state index in [0.29, 0.717) is 6.54 Å². The molecule has 1 rings (SSSR count). The average Bonchev–Trinajstić information content (AvgIpc) is 2.97. The average molecular weight is 421 g/mol. The molecule has 7 heteroatoms. The number of amides is 1. The number of carbonyl (C=O) groups is 1. The lowest BCUT2D eigenvalue weighted by Crippen LogP contribution is -2.41. The first-order valence-corrected chi connectivity index (χ1v) is 7.34. The Hall–Kier alpha value is -1.25. The van der Waals surface area contributed by atoms with Crippen molar-refractivity contribution >= 4 is 35.8 Å². The van der Waals surface area contributed by atoms with Gasteiger partial charge in [0.25, 0.3) is 0 Å². The largest absolute Gasteiger partial charge is 0.359 e. The molecule has 0 aliphatic carbocycles. The molecule has 1 amide bonds. The molecule has 0 aliphatic heterocycles. The highest BCUT2D eigenvalue weighted by atomic mass is 127. The normalized spacial score (nSPS) is 11.5. The first-order valence-electron chi connectivity index (χ1n) is 7.34. The summed E-state index contributed by atoms with van der Waals surface area (Å²) >= 11 is 0. The molecule has 22 heavy (non-hydrogen) atoms. The first-order chi connectivity index (χ1) is 9.99. The van der Waals surface area contributed by atoms with E-state index in [-0.39, 0.29) is 29.9 Å². The number of hydrogen-bond donors (Lipinski definition) is 3. The van der Waals surface area contributed by atoms with Gasteiger partial charge in [-0.05, 0) is 32.9 Å². The number of nitrogens with zero attached hydrogens (tertiary/aromatic N) is 2. The van der Waals surface area contributed by atoms with Gasteiger partial charge in [-0.2, -0.15) is 0 Å². The summed E-state index contributed by atoms with van der Waals surface area (Å²) in [6.07, 6.45) is 4.06. The van der Waals surface area contributed by atoms with Crippen LogP contribution in [0.5, 0.6) is 0 Å². The van der Waals surface area contributed by atoms with Crippen molar-refractivity contribution in [2.24, 2.45) is 10.4 Å². The third kappa shape index (κ3) is 7.15. The summed E-state index contributed by atoms with van der Waals surface area (Å²) in [5.41, 5.74) is -0.516. The van der Waals surface area contributed by atoms with E-state index in [1.165, 1.54) is 0 Å². The molecule has 6 nitrogen and oxygen atoms in total. The second kappa shape index (κ2) is 10.5. The highest BCUT2D eigenvalue weighted by Crippen LogP contribution is 2.15. The van der Waals surface area contributed by atoms with Crippen molar-refractivity contribution in [3.05, 3.63) is 24.5 Å². The van der Waals surface area contributed by atoms with Crippen molar-refractivity contribution in [2.75, 3.05) is 26.7 Å². The van der Waals surface area contributed by atoms with Gasteiger partial charge in [-0.3, -0.25) is 9.79 Å². The van der Waals surface area contributed by atoms with E-state index in [4.69, 9.17) is 0 Å². The number of carbonyl (C=O) groups excluding carboxylic acids is 1. The number of hydrogen-bond acceptors (Lipinski definition) is 2. The van der Waals surface area contributed by atoms with Crippen molar-refractivity contribution < 1.29 is 4.79 Å². The minimum absolute atomic E-state index is 0. The van der Waals surface area contributed by atoms with Crippen molar-refractivity contribution in [3.8, 4) is 0 Å². The Morgan fingerprint density at radius 2 is 1.86 bits per heavy atom. The van der Waals surface area contributed by atoms with Gasteiger partial charge in [-0.1, -0.05) is 0 Å². The maximum Gasteiger partial charge on any atom is 0.227 e. The Bertz CT molecular complexity index is 457. The second-order valence-corrected chi connectivity index (χ2v) is 5.51. The van der Waals surface area contributed by atoms with Crippen molar-refractivity contribution in [1.82, 2.24) is 20.5 Å². The fourth-order valence-corrected chi connectivity index (χ4v) is 1.85. The number of aromatic nitrogens is 1. The number of aliphatic imine (C=N–C) groups is 1. The van der Waals surface area contributed by atoms with Crippen LogP contribution in [0.25, 0.3) is 0 Å². The summed E-state index contributed by atoms with van der Waals surface area (Å²) in [5, 5.41) is 9.14. The van der Waals surface area contributed by atoms with E-state index < -0.39 is 5.41 Å². The first kappa shape index (κ1) is 20.8. The fourth-order valence-electron chi connectivity index (χ4n) is 1.85. The summed E-state index contributed by atoms with van der Waals surface area (Å²) in [5.74, 6) is 0.732. The summed E-state index contributed by atoms with van der Waals surface area (Å²) in [4.78, 5) is 16.2. The molecule has 1 aromatic rings. The predicted octanol–water partition coefficient (Wildman–Crippen LogP) is 1.43. The van der Waals surface area contributed by atoms with Gasteiger partial charge in [0.15, 0.2) is 5.96 Å². The van der Waals surface area contributed by atoms with Crippen LogP contribution in [0.4, 0.5) is 0 Å². The van der Waals surface area contributed by atoms with Crippen LogP contribution in [0, 0.1) is 5.41 Å². The third-order valence-corrected chi connectivity index (χ3v) is 3.15. The molecule has 0 atom stereocenters. The molecule has 0 aliphatic rings. The highest BCUT2D eigenvalue weighted by molar-refractivity contribution is 14.0. The summed E-state index contributed by atoms with van der Waals surface area (Å²) < 4.78 is 2.10. The molecule has 126 valence electrons. The molecule has 0 spiro atoms.